The third-order valence-corrected chi connectivity index (χ3v) is 4.76. The highest BCUT2D eigenvalue weighted by Crippen LogP contribution is 2.39. The van der Waals surface area contributed by atoms with Crippen molar-refractivity contribution in [3.63, 3.8) is 0 Å². The van der Waals surface area contributed by atoms with Crippen molar-refractivity contribution in [1.29, 1.82) is 0 Å². The van der Waals surface area contributed by atoms with Gasteiger partial charge in [-0.15, -0.1) is 0 Å². The number of nitrogens with zero attached hydrogens (tertiary/aromatic N) is 1. The number of likely N-dealkylation sites (tertiary alicyclic amines) is 1. The number of carboxylic acid groups (broad SMARTS) is 1. The van der Waals surface area contributed by atoms with Crippen molar-refractivity contribution in [3.05, 3.63) is 0 Å². The molecule has 6 heteroatoms. The zero-order valence-corrected chi connectivity index (χ0v) is 11.5. The van der Waals surface area contributed by atoms with E-state index >= 15 is 0 Å². The molecule has 0 amide bonds. The maximum absolute atomic E-state index is 12.6. The predicted molar refractivity (Wildman–Crippen MR) is 68.4 cm³/mol. The molecular weight excluding hydrogens is 271 g/mol. The van der Waals surface area contributed by atoms with Crippen LogP contribution in [-0.2, 0) is 4.79 Å². The number of halogens is 3. The van der Waals surface area contributed by atoms with E-state index in [2.05, 4.69) is 4.90 Å². The molecule has 20 heavy (non-hydrogen) atoms. The Balaban J connectivity index is 1.74. The lowest BCUT2D eigenvalue weighted by atomic mass is 9.85. The number of rotatable bonds is 4. The summed E-state index contributed by atoms with van der Waals surface area (Å²) in [6.07, 6.45) is -0.462. The zero-order chi connectivity index (χ0) is 14.8. The van der Waals surface area contributed by atoms with Crippen LogP contribution in [0.3, 0.4) is 0 Å². The van der Waals surface area contributed by atoms with Crippen LogP contribution in [0.15, 0.2) is 0 Å². The largest absolute Gasteiger partial charge is 0.481 e. The van der Waals surface area contributed by atoms with Crippen LogP contribution in [-0.4, -0.2) is 41.3 Å². The highest BCUT2D eigenvalue weighted by molar-refractivity contribution is 5.66. The van der Waals surface area contributed by atoms with Crippen LogP contribution in [0.4, 0.5) is 13.2 Å². The number of hydrogen-bond acceptors (Lipinski definition) is 2. The molecular formula is C14H22F3NO2. The number of carbonyl (C=O) groups is 1. The second-order valence-electron chi connectivity index (χ2n) is 6.13. The maximum atomic E-state index is 12.6. The Labute approximate surface area is 117 Å². The first-order valence-electron chi connectivity index (χ1n) is 7.39. The summed E-state index contributed by atoms with van der Waals surface area (Å²) in [5.41, 5.74) is 0. The van der Waals surface area contributed by atoms with Gasteiger partial charge in [0, 0.05) is 19.0 Å². The minimum absolute atomic E-state index is 0.194. The lowest BCUT2D eigenvalue weighted by Gasteiger charge is -2.35. The number of carboxylic acids is 1. The summed E-state index contributed by atoms with van der Waals surface area (Å²) in [6, 6.07) is 0.267. The molecule has 1 aliphatic carbocycles. The third-order valence-electron chi connectivity index (χ3n) is 4.76. The Morgan fingerprint density at radius 1 is 1.15 bits per heavy atom. The first-order chi connectivity index (χ1) is 9.36. The topological polar surface area (TPSA) is 40.5 Å². The summed E-state index contributed by atoms with van der Waals surface area (Å²) in [6.45, 7) is 1.76. The smallest absolute Gasteiger partial charge is 0.391 e. The van der Waals surface area contributed by atoms with Crippen LogP contribution in [0, 0.1) is 11.8 Å². The Morgan fingerprint density at radius 2 is 1.80 bits per heavy atom. The molecule has 1 aliphatic heterocycles. The Bertz CT molecular complexity index is 338. The molecule has 116 valence electrons. The standard InChI is InChI=1S/C14H22F3NO2/c15-14(16,17)11-2-4-12(5-3-11)18-8-7-10(9-18)1-6-13(19)20/h10-12H,1-9H2,(H,19,20). The van der Waals surface area contributed by atoms with E-state index in [9.17, 15) is 18.0 Å². The molecule has 0 radical (unpaired) electrons. The number of hydrogen-bond donors (Lipinski definition) is 1. The van der Waals surface area contributed by atoms with Gasteiger partial charge in [0.05, 0.1) is 5.92 Å². The van der Waals surface area contributed by atoms with E-state index in [-0.39, 0.29) is 25.3 Å². The van der Waals surface area contributed by atoms with Crippen molar-refractivity contribution in [2.24, 2.45) is 11.8 Å². The van der Waals surface area contributed by atoms with E-state index in [1.54, 1.807) is 0 Å². The van der Waals surface area contributed by atoms with Crippen molar-refractivity contribution in [1.82, 2.24) is 4.90 Å². The van der Waals surface area contributed by atoms with Gasteiger partial charge in [-0.3, -0.25) is 4.79 Å². The predicted octanol–water partition coefficient (Wildman–Crippen LogP) is 3.29. The molecule has 0 bridgehead atoms. The Morgan fingerprint density at radius 3 is 2.35 bits per heavy atom. The van der Waals surface area contributed by atoms with Crippen molar-refractivity contribution >= 4 is 5.97 Å². The molecule has 1 atom stereocenters. The second-order valence-corrected chi connectivity index (χ2v) is 6.13. The summed E-state index contributed by atoms with van der Waals surface area (Å²) in [5, 5.41) is 8.67. The molecule has 0 aromatic carbocycles. The van der Waals surface area contributed by atoms with E-state index < -0.39 is 18.1 Å². The maximum Gasteiger partial charge on any atom is 0.391 e. The van der Waals surface area contributed by atoms with Crippen LogP contribution in [0.5, 0.6) is 0 Å². The SMILES string of the molecule is O=C(O)CCC1CCN(C2CCC(C(F)(F)F)CC2)C1. The Kier molecular flexibility index (Phi) is 4.94. The monoisotopic (exact) mass is 293 g/mol. The second kappa shape index (κ2) is 6.33. The minimum atomic E-state index is -4.04. The number of aliphatic carboxylic acids is 1. The van der Waals surface area contributed by atoms with Gasteiger partial charge in [-0.05, 0) is 51.0 Å². The van der Waals surface area contributed by atoms with Crippen LogP contribution >= 0.6 is 0 Å². The van der Waals surface area contributed by atoms with Crippen LogP contribution < -0.4 is 0 Å². The fourth-order valence-corrected chi connectivity index (χ4v) is 3.53. The first kappa shape index (κ1) is 15.6. The average molecular weight is 293 g/mol. The van der Waals surface area contributed by atoms with Crippen LogP contribution in [0.2, 0.25) is 0 Å². The average Bonchev–Trinajstić information content (AvgIpc) is 2.84. The summed E-state index contributed by atoms with van der Waals surface area (Å²) in [7, 11) is 0. The normalized spacial score (nSPS) is 32.5. The molecule has 1 unspecified atom stereocenters. The summed E-state index contributed by atoms with van der Waals surface area (Å²) in [4.78, 5) is 12.8. The van der Waals surface area contributed by atoms with Gasteiger partial charge < -0.3 is 10.0 Å². The van der Waals surface area contributed by atoms with Gasteiger partial charge in [0.15, 0.2) is 0 Å². The fourth-order valence-electron chi connectivity index (χ4n) is 3.53. The van der Waals surface area contributed by atoms with Gasteiger partial charge in [-0.1, -0.05) is 0 Å². The molecule has 2 fully saturated rings. The van der Waals surface area contributed by atoms with Crippen LogP contribution in [0.1, 0.15) is 44.9 Å². The lowest BCUT2D eigenvalue weighted by Crippen LogP contribution is -2.39. The molecule has 1 saturated heterocycles. The van der Waals surface area contributed by atoms with E-state index in [1.165, 1.54) is 0 Å². The molecule has 0 aromatic heterocycles. The molecule has 1 heterocycles. The minimum Gasteiger partial charge on any atom is -0.481 e. The van der Waals surface area contributed by atoms with E-state index in [4.69, 9.17) is 5.11 Å². The fraction of sp³-hybridized carbons (Fsp3) is 0.929. The van der Waals surface area contributed by atoms with Crippen molar-refractivity contribution in [3.8, 4) is 0 Å². The van der Waals surface area contributed by atoms with E-state index in [1.807, 2.05) is 0 Å². The van der Waals surface area contributed by atoms with Crippen LogP contribution in [0.25, 0.3) is 0 Å². The lowest BCUT2D eigenvalue weighted by molar-refractivity contribution is -0.184. The molecule has 0 aromatic rings. The summed E-state index contributed by atoms with van der Waals surface area (Å²) >= 11 is 0. The number of alkyl halides is 3. The summed E-state index contributed by atoms with van der Waals surface area (Å²) < 4.78 is 37.8. The molecule has 2 aliphatic rings. The van der Waals surface area contributed by atoms with Crippen molar-refractivity contribution < 1.29 is 23.1 Å². The third kappa shape index (κ3) is 4.11. The van der Waals surface area contributed by atoms with Crippen molar-refractivity contribution in [2.75, 3.05) is 13.1 Å². The first-order valence-corrected chi connectivity index (χ1v) is 7.39. The van der Waals surface area contributed by atoms with Gasteiger partial charge in [0.2, 0.25) is 0 Å². The molecule has 3 nitrogen and oxygen atoms in total. The van der Waals surface area contributed by atoms with Crippen molar-refractivity contribution in [2.45, 2.75) is 57.2 Å². The van der Waals surface area contributed by atoms with Gasteiger partial charge in [-0.25, -0.2) is 0 Å². The van der Waals surface area contributed by atoms with Gasteiger partial charge in [-0.2, -0.15) is 13.2 Å². The highest BCUT2D eigenvalue weighted by atomic mass is 19.4. The molecule has 1 saturated carbocycles. The highest BCUT2D eigenvalue weighted by Gasteiger charge is 2.42. The van der Waals surface area contributed by atoms with Gasteiger partial charge in [0.25, 0.3) is 0 Å². The zero-order valence-electron chi connectivity index (χ0n) is 11.5. The molecule has 0 spiro atoms. The van der Waals surface area contributed by atoms with E-state index in [0.29, 0.717) is 25.2 Å². The van der Waals surface area contributed by atoms with Gasteiger partial charge in [0.1, 0.15) is 0 Å². The van der Waals surface area contributed by atoms with E-state index in [0.717, 1.165) is 19.5 Å². The van der Waals surface area contributed by atoms with Gasteiger partial charge >= 0.3 is 12.1 Å². The summed E-state index contributed by atoms with van der Waals surface area (Å²) in [5.74, 6) is -1.50. The Hall–Kier alpha value is -0.780. The molecule has 2 rings (SSSR count). The molecule has 1 N–H and O–H groups in total. The quantitative estimate of drug-likeness (QED) is 0.864.